The van der Waals surface area contributed by atoms with E-state index >= 15 is 0 Å². The van der Waals surface area contributed by atoms with E-state index in [1.165, 1.54) is 0 Å². The maximum Gasteiger partial charge on any atom is 0.138 e. The summed E-state index contributed by atoms with van der Waals surface area (Å²) in [6.45, 7) is 3.57. The third-order valence-electron chi connectivity index (χ3n) is 2.71. The molecule has 0 aliphatic carbocycles. The summed E-state index contributed by atoms with van der Waals surface area (Å²) in [7, 11) is 1.67. The zero-order valence-electron chi connectivity index (χ0n) is 11.3. The van der Waals surface area contributed by atoms with E-state index in [4.69, 9.17) is 21.1 Å². The highest BCUT2D eigenvalue weighted by Gasteiger charge is 2.03. The lowest BCUT2D eigenvalue weighted by atomic mass is 10.2. The summed E-state index contributed by atoms with van der Waals surface area (Å²) in [6, 6.07) is 5.38. The molecule has 0 spiro atoms. The van der Waals surface area contributed by atoms with Gasteiger partial charge >= 0.3 is 0 Å². The van der Waals surface area contributed by atoms with Gasteiger partial charge in [-0.25, -0.2) is 0 Å². The lowest BCUT2D eigenvalue weighted by Crippen LogP contribution is -2.15. The van der Waals surface area contributed by atoms with Crippen molar-refractivity contribution in [3.05, 3.63) is 28.8 Å². The first-order valence-corrected chi connectivity index (χ1v) is 6.87. The van der Waals surface area contributed by atoms with Crippen molar-refractivity contribution in [3.63, 3.8) is 0 Å². The maximum atomic E-state index is 9.72. The Morgan fingerprint density at radius 1 is 1.21 bits per heavy atom. The number of ether oxygens (including phenoxy) is 2. The predicted octanol–water partition coefficient (Wildman–Crippen LogP) is 2.58. The third-order valence-corrected chi connectivity index (χ3v) is 3.01. The molecule has 108 valence electrons. The number of benzene rings is 1. The molecule has 0 saturated carbocycles. The highest BCUT2D eigenvalue weighted by Crippen LogP contribution is 2.26. The van der Waals surface area contributed by atoms with E-state index in [1.807, 2.05) is 12.1 Å². The van der Waals surface area contributed by atoms with Crippen molar-refractivity contribution in [1.29, 1.82) is 0 Å². The van der Waals surface area contributed by atoms with Crippen LogP contribution in [-0.4, -0.2) is 38.6 Å². The first kappa shape index (κ1) is 16.2. The summed E-state index contributed by atoms with van der Waals surface area (Å²) >= 11 is 5.83. The van der Waals surface area contributed by atoms with Crippen molar-refractivity contribution in [2.24, 2.45) is 0 Å². The second-order valence-electron chi connectivity index (χ2n) is 4.24. The number of nitrogens with one attached hydrogen (secondary N) is 1. The number of unbranched alkanes of at least 4 members (excludes halogenated alkanes) is 1. The van der Waals surface area contributed by atoms with Gasteiger partial charge in [0.15, 0.2) is 0 Å². The Hall–Kier alpha value is -0.810. The van der Waals surface area contributed by atoms with Crippen LogP contribution in [0.5, 0.6) is 5.75 Å². The molecule has 0 fully saturated rings. The first-order chi connectivity index (χ1) is 9.25. The number of phenolic OH excluding ortho intramolecular Hbond substituents is 1. The Kier molecular flexibility index (Phi) is 8.58. The molecule has 0 saturated heterocycles. The molecule has 0 amide bonds. The van der Waals surface area contributed by atoms with Gasteiger partial charge in [0.25, 0.3) is 0 Å². The molecule has 0 bridgehead atoms. The van der Waals surface area contributed by atoms with Crippen LogP contribution in [-0.2, 0) is 16.0 Å². The average Bonchev–Trinajstić information content (AvgIpc) is 2.41. The minimum absolute atomic E-state index is 0.166. The van der Waals surface area contributed by atoms with Crippen LogP contribution >= 0.6 is 11.6 Å². The fourth-order valence-corrected chi connectivity index (χ4v) is 1.82. The third kappa shape index (κ3) is 6.78. The smallest absolute Gasteiger partial charge is 0.138 e. The number of halogens is 1. The summed E-state index contributed by atoms with van der Waals surface area (Å²) in [4.78, 5) is 0. The highest BCUT2D eigenvalue weighted by molar-refractivity contribution is 6.32. The van der Waals surface area contributed by atoms with Crippen LogP contribution in [0.3, 0.4) is 0 Å². The number of rotatable bonds is 10. The summed E-state index contributed by atoms with van der Waals surface area (Å²) in [5.74, 6) is 0.166. The quantitative estimate of drug-likeness (QED) is 0.650. The fraction of sp³-hybridized carbons (Fsp3) is 0.571. The van der Waals surface area contributed by atoms with Crippen molar-refractivity contribution >= 4 is 11.6 Å². The molecule has 0 aliphatic rings. The molecule has 4 nitrogen and oxygen atoms in total. The van der Waals surface area contributed by atoms with E-state index in [-0.39, 0.29) is 5.75 Å². The van der Waals surface area contributed by atoms with Gasteiger partial charge in [0.1, 0.15) is 5.75 Å². The van der Waals surface area contributed by atoms with Crippen LogP contribution in [0, 0.1) is 0 Å². The Labute approximate surface area is 119 Å². The molecule has 1 rings (SSSR count). The van der Waals surface area contributed by atoms with Crippen LogP contribution in [0.25, 0.3) is 0 Å². The number of hydrogen-bond acceptors (Lipinski definition) is 4. The van der Waals surface area contributed by atoms with Crippen LogP contribution in [0.2, 0.25) is 5.02 Å². The van der Waals surface area contributed by atoms with Gasteiger partial charge in [0.2, 0.25) is 0 Å². The molecule has 19 heavy (non-hydrogen) atoms. The minimum Gasteiger partial charge on any atom is -0.506 e. The molecular weight excluding hydrogens is 266 g/mol. The molecule has 1 aromatic carbocycles. The van der Waals surface area contributed by atoms with Gasteiger partial charge in [0.05, 0.1) is 18.2 Å². The highest BCUT2D eigenvalue weighted by atomic mass is 35.5. The van der Waals surface area contributed by atoms with E-state index in [1.54, 1.807) is 13.2 Å². The molecule has 0 unspecified atom stereocenters. The molecule has 0 aromatic heterocycles. The number of aromatic hydroxyl groups is 1. The van der Waals surface area contributed by atoms with Crippen molar-refractivity contribution in [2.75, 3.05) is 33.5 Å². The van der Waals surface area contributed by atoms with Gasteiger partial charge in [-0.1, -0.05) is 23.7 Å². The fourth-order valence-electron chi connectivity index (χ4n) is 1.62. The van der Waals surface area contributed by atoms with Crippen LogP contribution in [0.15, 0.2) is 18.2 Å². The average molecular weight is 288 g/mol. The SMILES string of the molecule is COCCOCCCCNCc1cccc(Cl)c1O. The summed E-state index contributed by atoms with van der Waals surface area (Å²) in [5, 5.41) is 13.4. The molecule has 0 atom stereocenters. The Morgan fingerprint density at radius 2 is 2.05 bits per heavy atom. The van der Waals surface area contributed by atoms with Crippen molar-refractivity contribution in [3.8, 4) is 5.75 Å². The molecule has 1 aromatic rings. The standard InChI is InChI=1S/C14H22ClNO3/c1-18-9-10-19-8-3-2-7-16-11-12-5-4-6-13(15)14(12)17/h4-6,16-17H,2-3,7-11H2,1H3. The zero-order valence-corrected chi connectivity index (χ0v) is 12.1. The van der Waals surface area contributed by atoms with E-state index in [9.17, 15) is 5.11 Å². The van der Waals surface area contributed by atoms with Gasteiger partial charge in [-0.3, -0.25) is 0 Å². The van der Waals surface area contributed by atoms with Crippen LogP contribution in [0.4, 0.5) is 0 Å². The summed E-state index contributed by atoms with van der Waals surface area (Å²) < 4.78 is 10.2. The number of para-hydroxylation sites is 1. The van der Waals surface area contributed by atoms with Crippen LogP contribution < -0.4 is 5.32 Å². The lowest BCUT2D eigenvalue weighted by molar-refractivity contribution is 0.0688. The molecular formula is C14H22ClNO3. The normalized spacial score (nSPS) is 10.8. The lowest BCUT2D eigenvalue weighted by Gasteiger charge is -2.08. The summed E-state index contributed by atoms with van der Waals surface area (Å²) in [6.07, 6.45) is 2.05. The largest absolute Gasteiger partial charge is 0.506 e. The van der Waals surface area contributed by atoms with Crippen LogP contribution in [0.1, 0.15) is 18.4 Å². The summed E-state index contributed by atoms with van der Waals surface area (Å²) in [5.41, 5.74) is 0.823. The van der Waals surface area contributed by atoms with E-state index in [2.05, 4.69) is 5.32 Å². The number of methoxy groups -OCH3 is 1. The Bertz CT molecular complexity index is 361. The van der Waals surface area contributed by atoms with Gasteiger partial charge < -0.3 is 19.9 Å². The Balaban J connectivity index is 2.03. The molecule has 0 radical (unpaired) electrons. The minimum atomic E-state index is 0.166. The van der Waals surface area contributed by atoms with Gasteiger partial charge in [-0.05, 0) is 25.5 Å². The molecule has 2 N–H and O–H groups in total. The second-order valence-corrected chi connectivity index (χ2v) is 4.64. The van der Waals surface area contributed by atoms with Crippen molar-refractivity contribution in [1.82, 2.24) is 5.32 Å². The first-order valence-electron chi connectivity index (χ1n) is 6.49. The second kappa shape index (κ2) is 10.0. The zero-order chi connectivity index (χ0) is 13.9. The van der Waals surface area contributed by atoms with Crippen molar-refractivity contribution in [2.45, 2.75) is 19.4 Å². The van der Waals surface area contributed by atoms with Gasteiger partial charge in [-0.2, -0.15) is 0 Å². The molecule has 0 aliphatic heterocycles. The van der Waals surface area contributed by atoms with E-state index < -0.39 is 0 Å². The molecule has 0 heterocycles. The van der Waals surface area contributed by atoms with Crippen molar-refractivity contribution < 1.29 is 14.6 Å². The number of hydrogen-bond donors (Lipinski definition) is 2. The van der Waals surface area contributed by atoms with Gasteiger partial charge in [0, 0.05) is 25.8 Å². The van der Waals surface area contributed by atoms with E-state index in [0.29, 0.717) is 24.8 Å². The Morgan fingerprint density at radius 3 is 2.84 bits per heavy atom. The predicted molar refractivity (Wildman–Crippen MR) is 76.8 cm³/mol. The number of phenols is 1. The maximum absolute atomic E-state index is 9.72. The topological polar surface area (TPSA) is 50.7 Å². The molecule has 5 heteroatoms. The monoisotopic (exact) mass is 287 g/mol. The van der Waals surface area contributed by atoms with Gasteiger partial charge in [-0.15, -0.1) is 0 Å². The van der Waals surface area contributed by atoms with E-state index in [0.717, 1.165) is 31.6 Å².